The van der Waals surface area contributed by atoms with E-state index in [1.54, 1.807) is 5.57 Å². The standard InChI is InChI=1S/C29H57N/c1-5-7-9-11-13-15-17-19-21-28(20-18-16-14-12-10-8-6-2)26-27(3)29-22-24-30(4)25-23-29/h28-29H,3,5-26H2,1-2,4H3. The van der Waals surface area contributed by atoms with Crippen LogP contribution in [0.1, 0.15) is 142 Å². The van der Waals surface area contributed by atoms with Crippen LogP contribution in [-0.4, -0.2) is 25.0 Å². The molecule has 0 aromatic heterocycles. The van der Waals surface area contributed by atoms with Gasteiger partial charge >= 0.3 is 0 Å². The van der Waals surface area contributed by atoms with Gasteiger partial charge in [-0.2, -0.15) is 0 Å². The fraction of sp³-hybridized carbons (Fsp3) is 0.931. The average Bonchev–Trinajstić information content (AvgIpc) is 2.75. The van der Waals surface area contributed by atoms with Gasteiger partial charge in [0.2, 0.25) is 0 Å². The van der Waals surface area contributed by atoms with Crippen LogP contribution in [-0.2, 0) is 0 Å². The summed E-state index contributed by atoms with van der Waals surface area (Å²) in [7, 11) is 2.27. The van der Waals surface area contributed by atoms with Crippen molar-refractivity contribution in [2.24, 2.45) is 11.8 Å². The number of rotatable bonds is 20. The highest BCUT2D eigenvalue weighted by Gasteiger charge is 2.21. The zero-order valence-electron chi connectivity index (χ0n) is 21.4. The van der Waals surface area contributed by atoms with Gasteiger partial charge in [-0.3, -0.25) is 0 Å². The Balaban J connectivity index is 2.26. The van der Waals surface area contributed by atoms with E-state index in [0.717, 1.165) is 11.8 Å². The molecule has 30 heavy (non-hydrogen) atoms. The van der Waals surface area contributed by atoms with Crippen molar-refractivity contribution in [2.45, 2.75) is 142 Å². The summed E-state index contributed by atoms with van der Waals surface area (Å²) in [6, 6.07) is 0. The fourth-order valence-corrected chi connectivity index (χ4v) is 5.26. The second-order valence-electron chi connectivity index (χ2n) is 10.5. The lowest BCUT2D eigenvalue weighted by Gasteiger charge is -2.31. The molecular weight excluding hydrogens is 362 g/mol. The Morgan fingerprint density at radius 2 is 1.10 bits per heavy atom. The maximum Gasteiger partial charge on any atom is -0.00161 e. The van der Waals surface area contributed by atoms with Gasteiger partial charge in [-0.05, 0) is 51.2 Å². The molecule has 0 aromatic carbocycles. The smallest absolute Gasteiger partial charge is 0.00161 e. The van der Waals surface area contributed by atoms with Crippen LogP contribution in [0.5, 0.6) is 0 Å². The number of likely N-dealkylation sites (tertiary alicyclic amines) is 1. The Labute approximate surface area is 191 Å². The van der Waals surface area contributed by atoms with Crippen molar-refractivity contribution >= 4 is 0 Å². The maximum absolute atomic E-state index is 4.59. The summed E-state index contributed by atoms with van der Waals surface area (Å²) in [6.07, 6.45) is 28.5. The molecule has 0 amide bonds. The molecule has 0 aliphatic carbocycles. The number of allylic oxidation sites excluding steroid dienone is 1. The van der Waals surface area contributed by atoms with Gasteiger partial charge in [0.1, 0.15) is 0 Å². The Morgan fingerprint density at radius 1 is 0.700 bits per heavy atom. The molecule has 1 unspecified atom stereocenters. The van der Waals surface area contributed by atoms with E-state index in [4.69, 9.17) is 0 Å². The zero-order chi connectivity index (χ0) is 21.9. The molecule has 0 bridgehead atoms. The molecule has 0 radical (unpaired) electrons. The number of hydrogen-bond acceptors (Lipinski definition) is 1. The van der Waals surface area contributed by atoms with E-state index in [0.29, 0.717) is 0 Å². The van der Waals surface area contributed by atoms with E-state index in [9.17, 15) is 0 Å². The van der Waals surface area contributed by atoms with Crippen molar-refractivity contribution < 1.29 is 0 Å². The van der Waals surface area contributed by atoms with Crippen molar-refractivity contribution in [3.8, 4) is 0 Å². The molecule has 0 N–H and O–H groups in total. The van der Waals surface area contributed by atoms with Gasteiger partial charge in [0.15, 0.2) is 0 Å². The molecule has 0 aromatic rings. The van der Waals surface area contributed by atoms with E-state index in [-0.39, 0.29) is 0 Å². The Hall–Kier alpha value is -0.300. The molecule has 1 fully saturated rings. The summed E-state index contributed by atoms with van der Waals surface area (Å²) in [4.78, 5) is 2.49. The topological polar surface area (TPSA) is 3.24 Å². The van der Waals surface area contributed by atoms with Crippen LogP contribution < -0.4 is 0 Å². The molecule has 1 saturated heterocycles. The lowest BCUT2D eigenvalue weighted by molar-refractivity contribution is 0.232. The molecule has 178 valence electrons. The van der Waals surface area contributed by atoms with Crippen LogP contribution in [0.2, 0.25) is 0 Å². The molecule has 1 aliphatic rings. The van der Waals surface area contributed by atoms with E-state index in [2.05, 4.69) is 32.4 Å². The van der Waals surface area contributed by atoms with Crippen LogP contribution >= 0.6 is 0 Å². The first kappa shape index (κ1) is 27.7. The minimum Gasteiger partial charge on any atom is -0.306 e. The summed E-state index contributed by atoms with van der Waals surface area (Å²) >= 11 is 0. The van der Waals surface area contributed by atoms with E-state index in [1.165, 1.54) is 142 Å². The fourth-order valence-electron chi connectivity index (χ4n) is 5.26. The SMILES string of the molecule is C=C(CC(CCCCCCCCC)CCCCCCCCCC)C1CCN(C)CC1. The van der Waals surface area contributed by atoms with Crippen LogP contribution in [0.3, 0.4) is 0 Å². The first-order chi connectivity index (χ1) is 14.7. The largest absolute Gasteiger partial charge is 0.306 e. The van der Waals surface area contributed by atoms with Crippen molar-refractivity contribution in [3.63, 3.8) is 0 Å². The summed E-state index contributed by atoms with van der Waals surface area (Å²) in [5, 5.41) is 0. The van der Waals surface area contributed by atoms with E-state index >= 15 is 0 Å². The normalized spacial score (nSPS) is 16.8. The summed E-state index contributed by atoms with van der Waals surface area (Å²) < 4.78 is 0. The minimum atomic E-state index is 0.802. The van der Waals surface area contributed by atoms with E-state index in [1.807, 2.05) is 0 Å². The Morgan fingerprint density at radius 3 is 1.53 bits per heavy atom. The number of nitrogens with zero attached hydrogens (tertiary/aromatic N) is 1. The third-order valence-electron chi connectivity index (χ3n) is 7.53. The monoisotopic (exact) mass is 419 g/mol. The first-order valence-electron chi connectivity index (χ1n) is 14.0. The third kappa shape index (κ3) is 14.7. The van der Waals surface area contributed by atoms with Crippen LogP contribution in [0.15, 0.2) is 12.2 Å². The van der Waals surface area contributed by atoms with Crippen molar-refractivity contribution in [3.05, 3.63) is 12.2 Å². The molecule has 1 atom stereocenters. The van der Waals surface area contributed by atoms with Crippen LogP contribution in [0.25, 0.3) is 0 Å². The highest BCUT2D eigenvalue weighted by molar-refractivity contribution is 5.03. The second kappa shape index (κ2) is 19.4. The summed E-state index contributed by atoms with van der Waals surface area (Å²) in [5.41, 5.74) is 1.59. The molecule has 1 heterocycles. The predicted octanol–water partition coefficient (Wildman–Crippen LogP) is 9.56. The zero-order valence-corrected chi connectivity index (χ0v) is 21.4. The van der Waals surface area contributed by atoms with Gasteiger partial charge < -0.3 is 4.90 Å². The minimum absolute atomic E-state index is 0.802. The van der Waals surface area contributed by atoms with Gasteiger partial charge in [0.05, 0.1) is 0 Å². The van der Waals surface area contributed by atoms with Crippen molar-refractivity contribution in [2.75, 3.05) is 20.1 Å². The number of unbranched alkanes of at least 4 members (excludes halogenated alkanes) is 13. The maximum atomic E-state index is 4.59. The molecule has 0 spiro atoms. The third-order valence-corrected chi connectivity index (χ3v) is 7.53. The second-order valence-corrected chi connectivity index (χ2v) is 10.5. The van der Waals surface area contributed by atoms with Gasteiger partial charge in [-0.25, -0.2) is 0 Å². The van der Waals surface area contributed by atoms with Crippen LogP contribution in [0.4, 0.5) is 0 Å². The summed E-state index contributed by atoms with van der Waals surface area (Å²) in [5.74, 6) is 1.71. The van der Waals surface area contributed by atoms with E-state index < -0.39 is 0 Å². The first-order valence-corrected chi connectivity index (χ1v) is 14.0. The number of piperidine rings is 1. The molecule has 1 aliphatic heterocycles. The lowest BCUT2D eigenvalue weighted by Crippen LogP contribution is -2.31. The van der Waals surface area contributed by atoms with Crippen molar-refractivity contribution in [1.29, 1.82) is 0 Å². The van der Waals surface area contributed by atoms with Gasteiger partial charge in [0, 0.05) is 0 Å². The molecule has 0 saturated carbocycles. The van der Waals surface area contributed by atoms with Gasteiger partial charge in [0.25, 0.3) is 0 Å². The lowest BCUT2D eigenvalue weighted by atomic mass is 9.81. The highest BCUT2D eigenvalue weighted by Crippen LogP contribution is 2.31. The quantitative estimate of drug-likeness (QED) is 0.140. The molecular formula is C29H57N. The average molecular weight is 420 g/mol. The van der Waals surface area contributed by atoms with Crippen LogP contribution in [0, 0.1) is 11.8 Å². The Kier molecular flexibility index (Phi) is 17.9. The highest BCUT2D eigenvalue weighted by atomic mass is 15.1. The molecule has 1 rings (SSSR count). The molecule has 1 heteroatoms. The summed E-state index contributed by atoms with van der Waals surface area (Å²) in [6.45, 7) is 11.7. The van der Waals surface area contributed by atoms with Gasteiger partial charge in [-0.1, -0.05) is 135 Å². The Bertz CT molecular complexity index is 380. The van der Waals surface area contributed by atoms with Gasteiger partial charge in [-0.15, -0.1) is 0 Å². The predicted molar refractivity (Wildman–Crippen MR) is 137 cm³/mol. The van der Waals surface area contributed by atoms with Crippen molar-refractivity contribution in [1.82, 2.24) is 4.90 Å². The number of hydrogen-bond donors (Lipinski definition) is 0. The molecule has 1 nitrogen and oxygen atoms in total.